The van der Waals surface area contributed by atoms with Crippen molar-refractivity contribution in [3.05, 3.63) is 0 Å². The van der Waals surface area contributed by atoms with Crippen LogP contribution in [0, 0.1) is 11.8 Å². The fourth-order valence-electron chi connectivity index (χ4n) is 3.66. The Morgan fingerprint density at radius 1 is 1.16 bits per heavy atom. The van der Waals surface area contributed by atoms with E-state index < -0.39 is 0 Å². The van der Waals surface area contributed by atoms with Crippen LogP contribution in [0.4, 0.5) is 0 Å². The van der Waals surface area contributed by atoms with Gasteiger partial charge in [0, 0.05) is 6.04 Å². The first-order valence-corrected chi connectivity index (χ1v) is 7.55. The number of nitrogens with one attached hydrogen (secondary N) is 2. The molecule has 2 rings (SSSR count). The van der Waals surface area contributed by atoms with Gasteiger partial charge in [0.2, 0.25) is 5.91 Å². The second kappa shape index (κ2) is 6.94. The summed E-state index contributed by atoms with van der Waals surface area (Å²) in [4.78, 5) is 12.4. The van der Waals surface area contributed by atoms with Crippen molar-refractivity contribution in [2.75, 3.05) is 6.54 Å². The third-order valence-electron chi connectivity index (χ3n) is 4.63. The van der Waals surface area contributed by atoms with Crippen molar-refractivity contribution in [3.63, 3.8) is 0 Å². The highest BCUT2D eigenvalue weighted by molar-refractivity contribution is 5.86. The smallest absolute Gasteiger partial charge is 0.240 e. The second-order valence-electron chi connectivity index (χ2n) is 6.80. The number of hydrogen-bond acceptors (Lipinski definition) is 2. The van der Waals surface area contributed by atoms with E-state index >= 15 is 0 Å². The molecule has 1 saturated carbocycles. The van der Waals surface area contributed by atoms with Crippen molar-refractivity contribution in [1.82, 2.24) is 10.6 Å². The molecule has 0 aromatic carbocycles. The van der Waals surface area contributed by atoms with Crippen LogP contribution >= 0.6 is 12.4 Å². The lowest BCUT2D eigenvalue weighted by molar-refractivity contribution is -0.129. The van der Waals surface area contributed by atoms with Crippen LogP contribution in [0.5, 0.6) is 0 Å². The average Bonchev–Trinajstić information content (AvgIpc) is 2.28. The molecular formula is C15H29ClN2O. The molecule has 1 aliphatic carbocycles. The van der Waals surface area contributed by atoms with Gasteiger partial charge in [-0.05, 0) is 63.8 Å². The molecule has 0 aromatic rings. The molecule has 0 aromatic heterocycles. The largest absolute Gasteiger partial charge is 0.352 e. The van der Waals surface area contributed by atoms with E-state index in [4.69, 9.17) is 0 Å². The number of hydrogen-bond donors (Lipinski definition) is 2. The molecule has 0 radical (unpaired) electrons. The van der Waals surface area contributed by atoms with E-state index in [1.807, 2.05) is 0 Å². The van der Waals surface area contributed by atoms with Gasteiger partial charge >= 0.3 is 0 Å². The van der Waals surface area contributed by atoms with Gasteiger partial charge in [0.25, 0.3) is 0 Å². The molecule has 3 unspecified atom stereocenters. The molecule has 1 aliphatic heterocycles. The van der Waals surface area contributed by atoms with Crippen molar-refractivity contribution in [1.29, 1.82) is 0 Å². The maximum atomic E-state index is 12.4. The molecule has 4 heteroatoms. The SMILES string of the molecule is CC1CC(C)CC(NC(=O)C2(C)CCCCN2)C1.Cl. The standard InChI is InChI=1S/C15H28N2O.ClH/c1-11-8-12(2)10-13(9-11)17-14(18)15(3)6-4-5-7-16-15;/h11-13,16H,4-10H2,1-3H3,(H,17,18);1H. The van der Waals surface area contributed by atoms with Gasteiger partial charge in [0.15, 0.2) is 0 Å². The summed E-state index contributed by atoms with van der Waals surface area (Å²) in [6.07, 6.45) is 6.92. The topological polar surface area (TPSA) is 41.1 Å². The predicted octanol–water partition coefficient (Wildman–Crippen LogP) is 2.88. The highest BCUT2D eigenvalue weighted by Crippen LogP contribution is 2.29. The van der Waals surface area contributed by atoms with Crippen LogP contribution in [-0.2, 0) is 4.79 Å². The average molecular weight is 289 g/mol. The lowest BCUT2D eigenvalue weighted by atomic mass is 9.80. The van der Waals surface area contributed by atoms with Crippen molar-refractivity contribution in [3.8, 4) is 0 Å². The van der Waals surface area contributed by atoms with Crippen molar-refractivity contribution < 1.29 is 4.79 Å². The molecule has 1 amide bonds. The van der Waals surface area contributed by atoms with Crippen molar-refractivity contribution in [2.24, 2.45) is 11.8 Å². The van der Waals surface area contributed by atoms with E-state index in [1.165, 1.54) is 12.8 Å². The van der Waals surface area contributed by atoms with Crippen LogP contribution in [-0.4, -0.2) is 24.0 Å². The van der Waals surface area contributed by atoms with Crippen LogP contribution in [0.3, 0.4) is 0 Å². The fraction of sp³-hybridized carbons (Fsp3) is 0.933. The fourth-order valence-corrected chi connectivity index (χ4v) is 3.66. The highest BCUT2D eigenvalue weighted by Gasteiger charge is 2.36. The van der Waals surface area contributed by atoms with E-state index in [2.05, 4.69) is 31.4 Å². The number of carbonyl (C=O) groups excluding carboxylic acids is 1. The predicted molar refractivity (Wildman–Crippen MR) is 81.6 cm³/mol. The zero-order valence-electron chi connectivity index (χ0n) is 12.5. The molecule has 0 spiro atoms. The summed E-state index contributed by atoms with van der Waals surface area (Å²) in [5, 5.41) is 6.68. The lowest BCUT2D eigenvalue weighted by Crippen LogP contribution is -2.59. The van der Waals surface area contributed by atoms with Crippen LogP contribution in [0.15, 0.2) is 0 Å². The summed E-state index contributed by atoms with van der Waals surface area (Å²) in [7, 11) is 0. The van der Waals surface area contributed by atoms with E-state index in [0.717, 1.165) is 44.1 Å². The normalized spacial score (nSPS) is 39.2. The first-order chi connectivity index (χ1) is 8.49. The molecule has 3 atom stereocenters. The van der Waals surface area contributed by atoms with Crippen LogP contribution in [0.1, 0.15) is 59.3 Å². The Labute approximate surface area is 123 Å². The number of amides is 1. The van der Waals surface area contributed by atoms with E-state index in [0.29, 0.717) is 6.04 Å². The molecule has 1 saturated heterocycles. The number of halogens is 1. The first-order valence-electron chi connectivity index (χ1n) is 7.55. The molecule has 3 nitrogen and oxygen atoms in total. The zero-order valence-corrected chi connectivity index (χ0v) is 13.3. The lowest BCUT2D eigenvalue weighted by Gasteiger charge is -2.37. The van der Waals surface area contributed by atoms with E-state index in [1.54, 1.807) is 0 Å². The van der Waals surface area contributed by atoms with Gasteiger partial charge in [-0.1, -0.05) is 13.8 Å². The van der Waals surface area contributed by atoms with E-state index in [-0.39, 0.29) is 23.9 Å². The molecular weight excluding hydrogens is 260 g/mol. The third kappa shape index (κ3) is 4.35. The second-order valence-corrected chi connectivity index (χ2v) is 6.80. The Kier molecular flexibility index (Phi) is 6.13. The van der Waals surface area contributed by atoms with Crippen molar-refractivity contribution in [2.45, 2.75) is 70.9 Å². The summed E-state index contributed by atoms with van der Waals surface area (Å²) in [5.41, 5.74) is -0.331. The Morgan fingerprint density at radius 3 is 2.32 bits per heavy atom. The number of piperidine rings is 1. The minimum absolute atomic E-state index is 0. The minimum Gasteiger partial charge on any atom is -0.352 e. The Balaban J connectivity index is 0.00000180. The van der Waals surface area contributed by atoms with E-state index in [9.17, 15) is 4.79 Å². The summed E-state index contributed by atoms with van der Waals surface area (Å²) in [5.74, 6) is 1.70. The molecule has 1 heterocycles. The van der Waals surface area contributed by atoms with Gasteiger partial charge in [-0.3, -0.25) is 4.79 Å². The van der Waals surface area contributed by atoms with Gasteiger partial charge in [-0.25, -0.2) is 0 Å². The summed E-state index contributed by atoms with van der Waals surface area (Å²) in [6, 6.07) is 0.386. The summed E-state index contributed by atoms with van der Waals surface area (Å²) in [6.45, 7) is 7.63. The maximum absolute atomic E-state index is 12.4. The van der Waals surface area contributed by atoms with Gasteiger partial charge in [0.05, 0.1) is 5.54 Å². The Morgan fingerprint density at radius 2 is 1.79 bits per heavy atom. The van der Waals surface area contributed by atoms with Crippen LogP contribution in [0.25, 0.3) is 0 Å². The Bertz CT molecular complexity index is 293. The molecule has 112 valence electrons. The maximum Gasteiger partial charge on any atom is 0.240 e. The molecule has 2 aliphatic rings. The summed E-state index contributed by atoms with van der Waals surface area (Å²) >= 11 is 0. The molecule has 0 bridgehead atoms. The Hall–Kier alpha value is -0.280. The number of carbonyl (C=O) groups is 1. The first kappa shape index (κ1) is 16.8. The molecule has 2 fully saturated rings. The van der Waals surface area contributed by atoms with Gasteiger partial charge < -0.3 is 10.6 Å². The molecule has 2 N–H and O–H groups in total. The van der Waals surface area contributed by atoms with Gasteiger partial charge in [-0.2, -0.15) is 0 Å². The zero-order chi connectivity index (χ0) is 13.2. The van der Waals surface area contributed by atoms with Crippen molar-refractivity contribution >= 4 is 18.3 Å². The molecule has 19 heavy (non-hydrogen) atoms. The minimum atomic E-state index is -0.331. The number of rotatable bonds is 2. The van der Waals surface area contributed by atoms with Gasteiger partial charge in [0.1, 0.15) is 0 Å². The monoisotopic (exact) mass is 288 g/mol. The highest BCUT2D eigenvalue weighted by atomic mass is 35.5. The van der Waals surface area contributed by atoms with Crippen LogP contribution in [0.2, 0.25) is 0 Å². The summed E-state index contributed by atoms with van der Waals surface area (Å²) < 4.78 is 0. The third-order valence-corrected chi connectivity index (χ3v) is 4.63. The quantitative estimate of drug-likeness (QED) is 0.820. The van der Waals surface area contributed by atoms with Crippen LogP contribution < -0.4 is 10.6 Å². The van der Waals surface area contributed by atoms with Gasteiger partial charge in [-0.15, -0.1) is 12.4 Å².